The zero-order valence-corrected chi connectivity index (χ0v) is 18.1. The van der Waals surface area contributed by atoms with Crippen LogP contribution in [0.2, 0.25) is 0 Å². The number of halogens is 2. The maximum atomic E-state index is 13.6. The van der Waals surface area contributed by atoms with Crippen molar-refractivity contribution in [2.75, 3.05) is 30.3 Å². The summed E-state index contributed by atoms with van der Waals surface area (Å²) >= 11 is 0. The smallest absolute Gasteiger partial charge is 0.248 e. The number of carbonyl (C=O) groups excluding carboxylic acids is 1. The molecule has 0 atom stereocenters. The van der Waals surface area contributed by atoms with E-state index in [2.05, 4.69) is 30.9 Å². The van der Waals surface area contributed by atoms with E-state index in [-0.39, 0.29) is 24.2 Å². The number of aryl methyl sites for hydroxylation is 2. The molecule has 0 bridgehead atoms. The number of alkyl halides is 2. The minimum absolute atomic E-state index is 0.0583. The van der Waals surface area contributed by atoms with Crippen LogP contribution < -0.4 is 16.0 Å². The molecule has 166 valence electrons. The summed E-state index contributed by atoms with van der Waals surface area (Å²) in [6.45, 7) is 7.16. The summed E-state index contributed by atoms with van der Waals surface area (Å²) in [6, 6.07) is 0. The molecule has 0 spiro atoms. The minimum Gasteiger partial charge on any atom is -0.368 e. The first-order valence-corrected chi connectivity index (χ1v) is 10.4. The van der Waals surface area contributed by atoms with Crippen LogP contribution >= 0.6 is 0 Å². The number of nitrogens with one attached hydrogen (secondary N) is 3. The highest BCUT2D eigenvalue weighted by molar-refractivity contribution is 5.85. The molecule has 2 aromatic heterocycles. The normalized spacial score (nSPS) is 17.7. The van der Waals surface area contributed by atoms with Gasteiger partial charge in [-0.2, -0.15) is 9.97 Å². The fraction of sp³-hybridized carbons (Fsp3) is 0.700. The summed E-state index contributed by atoms with van der Waals surface area (Å²) < 4.78 is 29.0. The summed E-state index contributed by atoms with van der Waals surface area (Å²) in [5.41, 5.74) is 1.16. The van der Waals surface area contributed by atoms with Crippen molar-refractivity contribution in [1.29, 1.82) is 0 Å². The lowest BCUT2D eigenvalue weighted by molar-refractivity contribution is -0.118. The summed E-state index contributed by atoms with van der Waals surface area (Å²) in [7, 11) is 1.91. The number of aromatic nitrogens is 4. The second-order valence-electron chi connectivity index (χ2n) is 8.57. The van der Waals surface area contributed by atoms with Gasteiger partial charge >= 0.3 is 0 Å². The molecule has 2 heterocycles. The van der Waals surface area contributed by atoms with E-state index in [9.17, 15) is 13.6 Å². The predicted octanol–water partition coefficient (Wildman–Crippen LogP) is 3.24. The van der Waals surface area contributed by atoms with E-state index in [0.717, 1.165) is 17.8 Å². The summed E-state index contributed by atoms with van der Waals surface area (Å²) in [4.78, 5) is 24.6. The van der Waals surface area contributed by atoms with E-state index >= 15 is 0 Å². The molecule has 3 rings (SSSR count). The molecule has 0 unspecified atom stereocenters. The van der Waals surface area contributed by atoms with E-state index in [0.29, 0.717) is 49.9 Å². The van der Waals surface area contributed by atoms with Gasteiger partial charge < -0.3 is 20.5 Å². The van der Waals surface area contributed by atoms with Gasteiger partial charge in [0.05, 0.1) is 0 Å². The number of fused-ring (bicyclic) bond motifs is 1. The van der Waals surface area contributed by atoms with E-state index < -0.39 is 5.92 Å². The van der Waals surface area contributed by atoms with Crippen molar-refractivity contribution in [3.05, 3.63) is 5.82 Å². The molecule has 1 aliphatic carbocycles. The molecule has 0 radical (unpaired) electrons. The van der Waals surface area contributed by atoms with Gasteiger partial charge in [-0.15, -0.1) is 0 Å². The Morgan fingerprint density at radius 3 is 2.47 bits per heavy atom. The Bertz CT molecular complexity index is 902. The van der Waals surface area contributed by atoms with Crippen molar-refractivity contribution in [3.63, 3.8) is 0 Å². The second-order valence-corrected chi connectivity index (χ2v) is 8.57. The number of hydrogen-bond donors (Lipinski definition) is 3. The minimum atomic E-state index is -2.55. The first-order chi connectivity index (χ1) is 14.1. The summed E-state index contributed by atoms with van der Waals surface area (Å²) in [5.74, 6) is -0.696. The Labute approximate surface area is 175 Å². The van der Waals surface area contributed by atoms with Crippen LogP contribution in [-0.2, 0) is 11.8 Å². The van der Waals surface area contributed by atoms with Crippen LogP contribution in [0.25, 0.3) is 11.2 Å². The number of hydrogen-bond acceptors (Lipinski definition) is 6. The largest absolute Gasteiger partial charge is 0.368 e. The summed E-state index contributed by atoms with van der Waals surface area (Å²) in [6.07, 6.45) is 1.53. The van der Waals surface area contributed by atoms with Gasteiger partial charge in [0.25, 0.3) is 0 Å². The van der Waals surface area contributed by atoms with Crippen molar-refractivity contribution in [2.45, 2.75) is 58.8 Å². The van der Waals surface area contributed by atoms with Gasteiger partial charge in [-0.25, -0.2) is 13.8 Å². The average molecular weight is 424 g/mol. The SMILES string of the molecule is CC(=O)NCCCNc1nc(NCC2(C)CCC(F)(F)CC2)c2c(n1)nc(C)n2C. The number of rotatable bonds is 8. The van der Waals surface area contributed by atoms with Crippen LogP contribution in [0.15, 0.2) is 0 Å². The molecule has 2 aromatic rings. The number of anilines is 2. The molecule has 30 heavy (non-hydrogen) atoms. The van der Waals surface area contributed by atoms with Gasteiger partial charge in [0, 0.05) is 46.4 Å². The first-order valence-electron chi connectivity index (χ1n) is 10.4. The van der Waals surface area contributed by atoms with E-state index in [1.165, 1.54) is 6.92 Å². The van der Waals surface area contributed by atoms with Gasteiger partial charge in [0.1, 0.15) is 11.3 Å². The molecule has 1 saturated carbocycles. The quantitative estimate of drug-likeness (QED) is 0.564. The van der Waals surface area contributed by atoms with Crippen molar-refractivity contribution in [2.24, 2.45) is 12.5 Å². The fourth-order valence-electron chi connectivity index (χ4n) is 3.67. The molecule has 1 aliphatic rings. The Morgan fingerprint density at radius 2 is 1.80 bits per heavy atom. The lowest BCUT2D eigenvalue weighted by Gasteiger charge is -2.37. The zero-order chi connectivity index (χ0) is 21.9. The standard InChI is InChI=1S/C20H31F2N7O/c1-13-26-17-15(29(13)4)16(25-12-19(3)6-8-20(21,22)9-7-19)27-18(28-17)24-11-5-10-23-14(2)30/h5-12H2,1-4H3,(H,23,30)(H2,24,25,27,28). The molecule has 8 nitrogen and oxygen atoms in total. The molecule has 10 heteroatoms. The lowest BCUT2D eigenvalue weighted by Crippen LogP contribution is -2.36. The van der Waals surface area contributed by atoms with Crippen LogP contribution in [0.4, 0.5) is 20.5 Å². The molecule has 0 saturated heterocycles. The van der Waals surface area contributed by atoms with Crippen LogP contribution in [0.3, 0.4) is 0 Å². The highest BCUT2D eigenvalue weighted by Gasteiger charge is 2.40. The third-order valence-corrected chi connectivity index (χ3v) is 5.84. The summed E-state index contributed by atoms with van der Waals surface area (Å²) in [5, 5.41) is 9.31. The molecular weight excluding hydrogens is 392 g/mol. The van der Waals surface area contributed by atoms with E-state index in [1.807, 2.05) is 25.5 Å². The van der Waals surface area contributed by atoms with E-state index in [1.54, 1.807) is 0 Å². The number of imidazole rings is 1. The second kappa shape index (κ2) is 8.69. The molecule has 1 amide bonds. The van der Waals surface area contributed by atoms with Gasteiger partial charge in [-0.05, 0) is 31.6 Å². The highest BCUT2D eigenvalue weighted by Crippen LogP contribution is 2.43. The topological polar surface area (TPSA) is 96.8 Å². The van der Waals surface area contributed by atoms with Crippen molar-refractivity contribution in [1.82, 2.24) is 24.8 Å². The van der Waals surface area contributed by atoms with Gasteiger partial charge in [-0.3, -0.25) is 4.79 Å². The lowest BCUT2D eigenvalue weighted by atomic mass is 9.74. The van der Waals surface area contributed by atoms with Crippen molar-refractivity contribution < 1.29 is 13.6 Å². The Balaban J connectivity index is 1.72. The maximum absolute atomic E-state index is 13.6. The molecule has 0 aromatic carbocycles. The van der Waals surface area contributed by atoms with Gasteiger partial charge in [0.15, 0.2) is 11.5 Å². The van der Waals surface area contributed by atoms with Crippen LogP contribution in [0.5, 0.6) is 0 Å². The Morgan fingerprint density at radius 1 is 1.10 bits per heavy atom. The van der Waals surface area contributed by atoms with Crippen molar-refractivity contribution >= 4 is 28.8 Å². The molecule has 0 aliphatic heterocycles. The molecule has 3 N–H and O–H groups in total. The third-order valence-electron chi connectivity index (χ3n) is 5.84. The van der Waals surface area contributed by atoms with Crippen LogP contribution in [-0.4, -0.2) is 51.0 Å². The van der Waals surface area contributed by atoms with Gasteiger partial charge in [0.2, 0.25) is 17.8 Å². The first kappa shape index (κ1) is 22.2. The zero-order valence-electron chi connectivity index (χ0n) is 18.1. The fourth-order valence-corrected chi connectivity index (χ4v) is 3.67. The average Bonchev–Trinajstić information content (AvgIpc) is 2.96. The highest BCUT2D eigenvalue weighted by atomic mass is 19.3. The number of nitrogens with zero attached hydrogens (tertiary/aromatic N) is 4. The van der Waals surface area contributed by atoms with Gasteiger partial charge in [-0.1, -0.05) is 6.92 Å². The predicted molar refractivity (Wildman–Crippen MR) is 113 cm³/mol. The Hall–Kier alpha value is -2.52. The van der Waals surface area contributed by atoms with Crippen molar-refractivity contribution in [3.8, 4) is 0 Å². The molecular formula is C20H31F2N7O. The van der Waals surface area contributed by atoms with Crippen LogP contribution in [0.1, 0.15) is 51.8 Å². The Kier molecular flexibility index (Phi) is 6.42. The molecule has 1 fully saturated rings. The van der Waals surface area contributed by atoms with E-state index in [4.69, 9.17) is 0 Å². The monoisotopic (exact) mass is 423 g/mol. The maximum Gasteiger partial charge on any atom is 0.248 e. The third kappa shape index (κ3) is 5.34. The van der Waals surface area contributed by atoms with Crippen LogP contribution in [0, 0.1) is 12.3 Å². The number of carbonyl (C=O) groups is 1. The number of amides is 1.